The number of hydrogen-bond acceptors (Lipinski definition) is 5. The molecule has 0 atom stereocenters. The van der Waals surface area contributed by atoms with E-state index in [2.05, 4.69) is 0 Å². The SMILES string of the molecule is COc1ccc([N+](=O)[O-])cc1OCCC(=N)N. The van der Waals surface area contributed by atoms with Crippen molar-refractivity contribution in [2.24, 2.45) is 5.73 Å². The van der Waals surface area contributed by atoms with Crippen molar-refractivity contribution >= 4 is 11.5 Å². The zero-order chi connectivity index (χ0) is 12.8. The number of nitro benzene ring substituents is 1. The fourth-order valence-electron chi connectivity index (χ4n) is 1.16. The maximum Gasteiger partial charge on any atom is 0.273 e. The quantitative estimate of drug-likeness (QED) is 0.336. The van der Waals surface area contributed by atoms with Crippen LogP contribution in [0.15, 0.2) is 18.2 Å². The Bertz CT molecular complexity index is 434. The summed E-state index contributed by atoms with van der Waals surface area (Å²) in [5.74, 6) is 0.663. The van der Waals surface area contributed by atoms with Gasteiger partial charge in [0.15, 0.2) is 11.5 Å². The Morgan fingerprint density at radius 2 is 2.24 bits per heavy atom. The minimum atomic E-state index is -0.517. The van der Waals surface area contributed by atoms with Gasteiger partial charge in [-0.05, 0) is 6.07 Å². The van der Waals surface area contributed by atoms with Gasteiger partial charge in [-0.2, -0.15) is 0 Å². The summed E-state index contributed by atoms with van der Waals surface area (Å²) >= 11 is 0. The van der Waals surface area contributed by atoms with Crippen LogP contribution in [0.1, 0.15) is 6.42 Å². The van der Waals surface area contributed by atoms with Crippen LogP contribution in [-0.4, -0.2) is 24.5 Å². The molecule has 0 aromatic heterocycles. The molecule has 7 nitrogen and oxygen atoms in total. The van der Waals surface area contributed by atoms with Gasteiger partial charge < -0.3 is 15.2 Å². The first-order valence-corrected chi connectivity index (χ1v) is 4.82. The number of hydrogen-bond donors (Lipinski definition) is 2. The Morgan fingerprint density at radius 1 is 1.53 bits per heavy atom. The third kappa shape index (κ3) is 3.63. The van der Waals surface area contributed by atoms with Crippen molar-refractivity contribution in [1.29, 1.82) is 5.41 Å². The summed E-state index contributed by atoms with van der Waals surface area (Å²) in [5.41, 5.74) is 5.09. The molecule has 0 saturated heterocycles. The smallest absolute Gasteiger partial charge is 0.273 e. The summed E-state index contributed by atoms with van der Waals surface area (Å²) in [4.78, 5) is 10.1. The first-order chi connectivity index (χ1) is 8.04. The van der Waals surface area contributed by atoms with Crippen LogP contribution < -0.4 is 15.2 Å². The van der Waals surface area contributed by atoms with Gasteiger partial charge in [-0.25, -0.2) is 0 Å². The van der Waals surface area contributed by atoms with E-state index >= 15 is 0 Å². The van der Waals surface area contributed by atoms with Gasteiger partial charge in [0.1, 0.15) is 0 Å². The van der Waals surface area contributed by atoms with Crippen LogP contribution in [0.4, 0.5) is 5.69 Å². The highest BCUT2D eigenvalue weighted by Crippen LogP contribution is 2.31. The second kappa shape index (κ2) is 5.69. The van der Waals surface area contributed by atoms with E-state index in [-0.39, 0.29) is 30.3 Å². The van der Waals surface area contributed by atoms with Crippen LogP contribution in [-0.2, 0) is 0 Å². The summed E-state index contributed by atoms with van der Waals surface area (Å²) in [7, 11) is 1.44. The Hall–Kier alpha value is -2.31. The van der Waals surface area contributed by atoms with E-state index in [1.807, 2.05) is 0 Å². The number of nitrogens with zero attached hydrogens (tertiary/aromatic N) is 1. The van der Waals surface area contributed by atoms with Gasteiger partial charge >= 0.3 is 0 Å². The molecule has 0 aliphatic rings. The molecule has 1 aromatic rings. The molecule has 0 bridgehead atoms. The molecule has 0 amide bonds. The van der Waals surface area contributed by atoms with Crippen LogP contribution in [0.2, 0.25) is 0 Å². The number of nitrogens with one attached hydrogen (secondary N) is 1. The lowest BCUT2D eigenvalue weighted by Crippen LogP contribution is -2.14. The number of non-ortho nitro benzene ring substituents is 1. The van der Waals surface area contributed by atoms with E-state index in [0.29, 0.717) is 5.75 Å². The molecule has 0 heterocycles. The Labute approximate surface area is 97.8 Å². The number of amidine groups is 1. The molecule has 3 N–H and O–H groups in total. The summed E-state index contributed by atoms with van der Waals surface area (Å²) in [6, 6.07) is 4.07. The fourth-order valence-corrected chi connectivity index (χ4v) is 1.16. The van der Waals surface area contributed by atoms with Crippen LogP contribution in [0.5, 0.6) is 11.5 Å². The zero-order valence-corrected chi connectivity index (χ0v) is 9.30. The van der Waals surface area contributed by atoms with Crippen molar-refractivity contribution in [3.63, 3.8) is 0 Å². The molecule has 0 saturated carbocycles. The van der Waals surface area contributed by atoms with E-state index in [0.717, 1.165) is 0 Å². The summed E-state index contributed by atoms with van der Waals surface area (Å²) in [6.07, 6.45) is 0.256. The first kappa shape index (κ1) is 12.8. The predicted molar refractivity (Wildman–Crippen MR) is 61.7 cm³/mol. The number of ether oxygens (including phenoxy) is 2. The van der Waals surface area contributed by atoms with Crippen molar-refractivity contribution in [3.05, 3.63) is 28.3 Å². The second-order valence-electron chi connectivity index (χ2n) is 3.22. The molecule has 0 aliphatic heterocycles. The number of methoxy groups -OCH3 is 1. The molecule has 0 unspecified atom stereocenters. The van der Waals surface area contributed by atoms with Gasteiger partial charge in [-0.1, -0.05) is 0 Å². The van der Waals surface area contributed by atoms with E-state index in [4.69, 9.17) is 20.6 Å². The monoisotopic (exact) mass is 239 g/mol. The number of nitro groups is 1. The van der Waals surface area contributed by atoms with Gasteiger partial charge in [0.05, 0.1) is 30.5 Å². The van der Waals surface area contributed by atoms with Gasteiger partial charge in [0.2, 0.25) is 0 Å². The molecule has 0 fully saturated rings. The zero-order valence-electron chi connectivity index (χ0n) is 9.30. The largest absolute Gasteiger partial charge is 0.493 e. The Kier molecular flexibility index (Phi) is 4.27. The maximum atomic E-state index is 10.6. The molecular formula is C10H13N3O4. The molecule has 17 heavy (non-hydrogen) atoms. The Morgan fingerprint density at radius 3 is 2.76 bits per heavy atom. The molecule has 1 aromatic carbocycles. The standard InChI is InChI=1S/C10H13N3O4/c1-16-8-3-2-7(13(14)15)6-9(8)17-5-4-10(11)12/h2-3,6H,4-5H2,1H3,(H3,11,12). The first-order valence-electron chi connectivity index (χ1n) is 4.82. The summed E-state index contributed by atoms with van der Waals surface area (Å²) < 4.78 is 10.3. The van der Waals surface area contributed by atoms with Crippen molar-refractivity contribution in [1.82, 2.24) is 0 Å². The molecule has 92 valence electrons. The van der Waals surface area contributed by atoms with Crippen LogP contribution in [0, 0.1) is 15.5 Å². The number of rotatable bonds is 6. The van der Waals surface area contributed by atoms with Crippen LogP contribution >= 0.6 is 0 Å². The van der Waals surface area contributed by atoms with Crippen molar-refractivity contribution in [2.45, 2.75) is 6.42 Å². The van der Waals surface area contributed by atoms with E-state index in [1.165, 1.54) is 25.3 Å². The normalized spacial score (nSPS) is 9.71. The molecule has 1 rings (SSSR count). The lowest BCUT2D eigenvalue weighted by molar-refractivity contribution is -0.385. The Balaban J connectivity index is 2.82. The highest BCUT2D eigenvalue weighted by atomic mass is 16.6. The average Bonchev–Trinajstić information content (AvgIpc) is 2.28. The van der Waals surface area contributed by atoms with Crippen LogP contribution in [0.3, 0.4) is 0 Å². The van der Waals surface area contributed by atoms with Crippen molar-refractivity contribution in [3.8, 4) is 11.5 Å². The number of nitrogens with two attached hydrogens (primary N) is 1. The molecule has 7 heteroatoms. The maximum absolute atomic E-state index is 10.6. The lowest BCUT2D eigenvalue weighted by Gasteiger charge is -2.09. The molecule has 0 spiro atoms. The minimum Gasteiger partial charge on any atom is -0.493 e. The van der Waals surface area contributed by atoms with Gasteiger partial charge in [0.25, 0.3) is 5.69 Å². The van der Waals surface area contributed by atoms with Gasteiger partial charge in [0, 0.05) is 12.5 Å². The van der Waals surface area contributed by atoms with Crippen molar-refractivity contribution in [2.75, 3.05) is 13.7 Å². The molecule has 0 radical (unpaired) electrons. The molecule has 0 aliphatic carbocycles. The average molecular weight is 239 g/mol. The van der Waals surface area contributed by atoms with Crippen LogP contribution in [0.25, 0.3) is 0 Å². The number of benzene rings is 1. The van der Waals surface area contributed by atoms with E-state index < -0.39 is 4.92 Å². The molecular weight excluding hydrogens is 226 g/mol. The van der Waals surface area contributed by atoms with Gasteiger partial charge in [-0.15, -0.1) is 0 Å². The van der Waals surface area contributed by atoms with E-state index in [9.17, 15) is 10.1 Å². The predicted octanol–water partition coefficient (Wildman–Crippen LogP) is 1.31. The third-order valence-electron chi connectivity index (χ3n) is 1.99. The second-order valence-corrected chi connectivity index (χ2v) is 3.22. The third-order valence-corrected chi connectivity index (χ3v) is 1.99. The highest BCUT2D eigenvalue weighted by molar-refractivity contribution is 5.76. The topological polar surface area (TPSA) is 111 Å². The van der Waals surface area contributed by atoms with Crippen molar-refractivity contribution < 1.29 is 14.4 Å². The highest BCUT2D eigenvalue weighted by Gasteiger charge is 2.12. The minimum absolute atomic E-state index is 0.00519. The van der Waals surface area contributed by atoms with E-state index in [1.54, 1.807) is 0 Å². The summed E-state index contributed by atoms with van der Waals surface area (Å²) in [6.45, 7) is 0.173. The summed E-state index contributed by atoms with van der Waals surface area (Å²) in [5, 5.41) is 17.6. The fraction of sp³-hybridized carbons (Fsp3) is 0.300. The lowest BCUT2D eigenvalue weighted by atomic mass is 10.3. The van der Waals surface area contributed by atoms with Gasteiger partial charge in [-0.3, -0.25) is 15.5 Å².